The fraction of sp³-hybridized carbons (Fsp3) is 0.500. The Balaban J connectivity index is 0.615. The molecule has 3 unspecified atom stereocenters. The average Bonchev–Trinajstić information content (AvgIpc) is 1.66. The SMILES string of the molecule is CC[N+]1=C(/C=C/C2=C(Cl)C(=C/C=C3/N(CCCCCC(=O)OCCCn4cc(CCCCOC(=O)/C(C)=C\OOC5(C(C)C)C(=O)C6C/C=C7/C(=O)c8c(O)c9c(c(CC=C(C)C)c8O[C@H]7C5CC6)O[C@](C)(CCC=C(C)C)C=C9)nn4)c4ccccc4C3(C)C)/CCC2)C(C)(C)c2ccccc21. The minimum Gasteiger partial charge on any atom is -0.506 e. The number of nitrogens with zero attached hydrogens (tertiary/aromatic N) is 5. The van der Waals surface area contributed by atoms with Crippen LogP contribution in [0, 0.1) is 17.8 Å². The number of phenolic OH excluding ortho intramolecular Hbond substituents is 1. The van der Waals surface area contributed by atoms with Gasteiger partial charge in [0.05, 0.1) is 35.5 Å². The number of allylic oxidation sites excluding steroid dienone is 13. The zero-order chi connectivity index (χ0) is 73.5. The molecule has 5 atom stereocenters. The van der Waals surface area contributed by atoms with Crippen LogP contribution in [0.1, 0.15) is 225 Å². The molecule has 1 N–H and O–H groups in total. The largest absolute Gasteiger partial charge is 0.506 e. The highest BCUT2D eigenvalue weighted by atomic mass is 35.5. The molecule has 3 aromatic carbocycles. The molecule has 0 spiro atoms. The van der Waals surface area contributed by atoms with Crippen LogP contribution in [0.15, 0.2) is 154 Å². The Labute approximate surface area is 614 Å². The van der Waals surface area contributed by atoms with E-state index in [1.165, 1.54) is 56.9 Å². The standard InChI is InChI=1S/C86H106ClN5O11/c1-14-91-69-33-19-17-31-66(69)83(9,10)71(91)44-39-59-28-24-29-60(75(59)87)40-45-72-84(11,12)67-32-18-20-34-70(67)92(72)50-22-15-16-35-73(93)98-52-26-49-90-53-62(88-89-90)30-21-23-51-99-82(97)58(8)54-100-103-86(57(6)7)68-43-38-61(81(86)96)37-42-63-76(94)74-77(95)64-46-48-85(13,47-25-27-55(2)3)102-78(64)65(41-36-56(4)5)80(74)101-79(63)68/h17-20,27,31-34,36,39-40,42,44-46,48,53-54,57,61,68,79H,14-16,21-26,28-30,35,37-38,41,43,47,49-52H2,1-13H3/p+1/b58-54-,63-42-/t61?,68?,79-,85-,86?/m1/s1. The quantitative estimate of drug-likeness (QED) is 0.00792. The van der Waals surface area contributed by atoms with Crippen molar-refractivity contribution >= 4 is 58.3 Å². The first-order chi connectivity index (χ1) is 49.3. The first-order valence-corrected chi connectivity index (χ1v) is 38.0. The van der Waals surface area contributed by atoms with Gasteiger partial charge < -0.3 is 33.8 Å². The van der Waals surface area contributed by atoms with Crippen molar-refractivity contribution < 1.29 is 57.6 Å². The Kier molecular flexibility index (Phi) is 23.8. The zero-order valence-electron chi connectivity index (χ0n) is 63.0. The second kappa shape index (κ2) is 32.4. The highest BCUT2D eigenvalue weighted by Gasteiger charge is 2.62. The van der Waals surface area contributed by atoms with E-state index in [1.54, 1.807) is 11.6 Å². The first-order valence-electron chi connectivity index (χ1n) is 37.6. The number of halogens is 1. The third kappa shape index (κ3) is 16.0. The van der Waals surface area contributed by atoms with E-state index in [1.807, 2.05) is 59.0 Å². The van der Waals surface area contributed by atoms with Crippen LogP contribution < -0.4 is 14.4 Å². The van der Waals surface area contributed by atoms with E-state index in [4.69, 9.17) is 40.3 Å². The van der Waals surface area contributed by atoms with Crippen LogP contribution in [0.5, 0.6) is 17.2 Å². The molecule has 2 bridgehead atoms. The number of hydrogen-bond donors (Lipinski definition) is 1. The number of hydrogen-bond acceptors (Lipinski definition) is 14. The van der Waals surface area contributed by atoms with Gasteiger partial charge in [0.1, 0.15) is 47.3 Å². The summed E-state index contributed by atoms with van der Waals surface area (Å²) in [7, 11) is 0. The van der Waals surface area contributed by atoms with Gasteiger partial charge in [0.15, 0.2) is 22.9 Å². The number of para-hydroxylation sites is 2. The molecule has 0 amide bonds. The summed E-state index contributed by atoms with van der Waals surface area (Å²) in [5.41, 5.74) is 12.2. The number of fused-ring (bicyclic) bond motifs is 7. The Morgan fingerprint density at radius 2 is 1.60 bits per heavy atom. The lowest BCUT2D eigenvalue weighted by Gasteiger charge is -2.50. The van der Waals surface area contributed by atoms with Gasteiger partial charge in [-0.1, -0.05) is 129 Å². The van der Waals surface area contributed by atoms with Gasteiger partial charge in [-0.15, -0.1) is 5.10 Å². The van der Waals surface area contributed by atoms with Crippen molar-refractivity contribution in [3.8, 4) is 17.2 Å². The van der Waals surface area contributed by atoms with E-state index >= 15 is 0 Å². The number of benzene rings is 3. The second-order valence-electron chi connectivity index (χ2n) is 31.0. The number of carbonyl (C=O) groups is 4. The van der Waals surface area contributed by atoms with Crippen molar-refractivity contribution in [3.63, 3.8) is 0 Å². The molecule has 0 saturated heterocycles. The fourth-order valence-corrected chi connectivity index (χ4v) is 16.6. The van der Waals surface area contributed by atoms with Gasteiger partial charge in [-0.05, 0) is 199 Å². The van der Waals surface area contributed by atoms with Crippen LogP contribution in [0.25, 0.3) is 6.08 Å². The summed E-state index contributed by atoms with van der Waals surface area (Å²) in [5, 5.41) is 21.5. The average molecular weight is 1420 g/mol. The Hall–Kier alpha value is -8.34. The van der Waals surface area contributed by atoms with Crippen LogP contribution in [0.4, 0.5) is 11.4 Å². The van der Waals surface area contributed by atoms with E-state index in [0.717, 1.165) is 74.3 Å². The van der Waals surface area contributed by atoms with E-state index in [-0.39, 0.29) is 70.6 Å². The van der Waals surface area contributed by atoms with Crippen molar-refractivity contribution in [2.75, 3.05) is 31.2 Å². The third-order valence-corrected chi connectivity index (χ3v) is 22.6. The van der Waals surface area contributed by atoms with E-state index in [0.29, 0.717) is 86.8 Å². The summed E-state index contributed by atoms with van der Waals surface area (Å²) in [5.74, 6) is -2.38. The van der Waals surface area contributed by atoms with Gasteiger partial charge in [-0.25, -0.2) is 4.79 Å². The summed E-state index contributed by atoms with van der Waals surface area (Å²) in [6.07, 6.45) is 32.6. The molecule has 103 heavy (non-hydrogen) atoms. The predicted octanol–water partition coefficient (Wildman–Crippen LogP) is 18.5. The number of carbonyl (C=O) groups excluding carboxylic acids is 4. The van der Waals surface area contributed by atoms with Gasteiger partial charge >= 0.3 is 11.9 Å². The number of Topliss-reactive ketones (excluding diaryl/α,β-unsaturated/α-hetero) is 2. The number of phenols is 1. The summed E-state index contributed by atoms with van der Waals surface area (Å²) in [6, 6.07) is 17.4. The number of rotatable bonds is 29. The first kappa shape index (κ1) is 75.8. The second-order valence-corrected chi connectivity index (χ2v) is 31.4. The van der Waals surface area contributed by atoms with Crippen LogP contribution in [-0.4, -0.2) is 97.5 Å². The topological polar surface area (TPSA) is 181 Å². The maximum Gasteiger partial charge on any atom is 0.336 e. The van der Waals surface area contributed by atoms with E-state index in [2.05, 4.69) is 153 Å². The fourth-order valence-electron chi connectivity index (χ4n) is 16.3. The molecule has 0 radical (unpaired) electrons. The normalized spacial score (nSPS) is 23.5. The minimum absolute atomic E-state index is 0.0834. The lowest BCUT2D eigenvalue weighted by molar-refractivity contribution is -0.433. The third-order valence-electron chi connectivity index (χ3n) is 22.1. The Morgan fingerprint density at radius 3 is 2.37 bits per heavy atom. The van der Waals surface area contributed by atoms with Crippen LogP contribution in [-0.2, 0) is 63.8 Å². The molecule has 1 saturated carbocycles. The highest BCUT2D eigenvalue weighted by molar-refractivity contribution is 6.32. The van der Waals surface area contributed by atoms with Crippen LogP contribution in [0.3, 0.4) is 0 Å². The molecule has 4 aliphatic carbocycles. The smallest absolute Gasteiger partial charge is 0.336 e. The van der Waals surface area contributed by atoms with Crippen LogP contribution in [0.2, 0.25) is 0 Å². The molecule has 12 rings (SSSR count). The number of ether oxygens (including phenoxy) is 4. The van der Waals surface area contributed by atoms with E-state index in [9.17, 15) is 24.3 Å². The molecule has 4 aliphatic heterocycles. The number of unbranched alkanes of at least 4 members (excludes halogenated alkanes) is 3. The number of aromatic hydroxyl groups is 1. The lowest BCUT2D eigenvalue weighted by Crippen LogP contribution is -2.63. The van der Waals surface area contributed by atoms with Crippen LogP contribution >= 0.6 is 11.6 Å². The number of ketones is 2. The summed E-state index contributed by atoms with van der Waals surface area (Å²) in [6.45, 7) is 29.7. The van der Waals surface area contributed by atoms with Gasteiger partial charge in [0.25, 0.3) is 0 Å². The molecular formula is C86H107ClN5O11+. The minimum atomic E-state index is -1.57. The monoisotopic (exact) mass is 1420 g/mol. The predicted molar refractivity (Wildman–Crippen MR) is 406 cm³/mol. The maximum absolute atomic E-state index is 15.0. The number of aryl methyl sites for hydroxylation is 2. The highest BCUT2D eigenvalue weighted by Crippen LogP contribution is 2.56. The summed E-state index contributed by atoms with van der Waals surface area (Å²) in [4.78, 5) is 70.7. The Bertz CT molecular complexity index is 4230. The molecule has 548 valence electrons. The van der Waals surface area contributed by atoms with Crippen molar-refractivity contribution in [1.29, 1.82) is 0 Å². The molecule has 8 aliphatic rings. The molecule has 1 fully saturated rings. The molecule has 16 nitrogen and oxygen atoms in total. The number of esters is 2. The zero-order valence-corrected chi connectivity index (χ0v) is 63.7. The summed E-state index contributed by atoms with van der Waals surface area (Å²) < 4.78 is 29.4. The molecule has 4 aromatic rings. The molecular weight excluding hydrogens is 1310 g/mol. The van der Waals surface area contributed by atoms with Gasteiger partial charge in [-0.3, -0.25) is 19.1 Å². The van der Waals surface area contributed by atoms with Gasteiger partial charge in [-0.2, -0.15) is 9.46 Å². The van der Waals surface area contributed by atoms with Crippen molar-refractivity contribution in [1.82, 2.24) is 15.0 Å². The number of anilines is 1. The molecule has 5 heterocycles. The number of aromatic nitrogens is 3. The molecule has 1 aromatic heterocycles. The van der Waals surface area contributed by atoms with Crippen molar-refractivity contribution in [2.45, 2.75) is 234 Å². The van der Waals surface area contributed by atoms with Gasteiger partial charge in [0, 0.05) is 94.6 Å². The van der Waals surface area contributed by atoms with E-state index < -0.39 is 41.0 Å². The Morgan fingerprint density at radius 1 is 0.845 bits per heavy atom. The van der Waals surface area contributed by atoms with Gasteiger partial charge in [0.2, 0.25) is 5.69 Å². The van der Waals surface area contributed by atoms with Crippen molar-refractivity contribution in [2.24, 2.45) is 17.8 Å². The molecule has 17 heteroatoms. The van der Waals surface area contributed by atoms with Crippen molar-refractivity contribution in [3.05, 3.63) is 187 Å². The maximum atomic E-state index is 15.0. The summed E-state index contributed by atoms with van der Waals surface area (Å²) >= 11 is 7.30. The lowest BCUT2D eigenvalue weighted by atomic mass is 9.59.